The molecule has 0 radical (unpaired) electrons. The predicted molar refractivity (Wildman–Crippen MR) is 112 cm³/mol. The van der Waals surface area contributed by atoms with Crippen molar-refractivity contribution in [3.05, 3.63) is 76.9 Å². The Balaban J connectivity index is 1.44. The lowest BCUT2D eigenvalue weighted by atomic mass is 9.97. The van der Waals surface area contributed by atoms with Gasteiger partial charge in [0.1, 0.15) is 5.82 Å². The summed E-state index contributed by atoms with van der Waals surface area (Å²) in [5.74, 6) is -0.519. The van der Waals surface area contributed by atoms with Crippen LogP contribution in [0, 0.1) is 11.7 Å². The fraction of sp³-hybridized carbons (Fsp3) is 0.318. The highest BCUT2D eigenvalue weighted by atomic mass is 32.2. The maximum atomic E-state index is 12.9. The Morgan fingerprint density at radius 3 is 2.38 bits per heavy atom. The molecular weight excluding hydrogens is 391 g/mol. The standard InChI is InChI=1S/C22H25FN2O3S/c23-21-8-6-19(7-9-21)10-14-24-22(26)20-11-15-25(16-12-20)29(27,28)17-13-18-4-2-1-3-5-18/h1-9,13,17,20H,10-12,14-16H2,(H,24,26)/b17-13+. The van der Waals surface area contributed by atoms with E-state index < -0.39 is 10.0 Å². The first-order chi connectivity index (χ1) is 13.9. The average Bonchev–Trinajstić information content (AvgIpc) is 2.74. The van der Waals surface area contributed by atoms with Gasteiger partial charge in [0, 0.05) is 31.0 Å². The van der Waals surface area contributed by atoms with Gasteiger partial charge in [-0.15, -0.1) is 0 Å². The highest BCUT2D eigenvalue weighted by molar-refractivity contribution is 7.92. The van der Waals surface area contributed by atoms with Gasteiger partial charge in [0.25, 0.3) is 0 Å². The molecule has 1 heterocycles. The molecule has 1 fully saturated rings. The number of rotatable bonds is 7. The number of hydrogen-bond donors (Lipinski definition) is 1. The zero-order valence-corrected chi connectivity index (χ0v) is 16.9. The molecule has 1 aliphatic heterocycles. The highest BCUT2D eigenvalue weighted by Crippen LogP contribution is 2.21. The second-order valence-corrected chi connectivity index (χ2v) is 8.92. The third-order valence-electron chi connectivity index (χ3n) is 5.04. The number of carbonyl (C=O) groups excluding carboxylic acids is 1. The maximum absolute atomic E-state index is 12.9. The number of halogens is 1. The summed E-state index contributed by atoms with van der Waals surface area (Å²) in [6, 6.07) is 15.5. The molecule has 1 saturated heterocycles. The van der Waals surface area contributed by atoms with Crippen molar-refractivity contribution in [3.8, 4) is 0 Å². The van der Waals surface area contributed by atoms with Crippen LogP contribution < -0.4 is 5.32 Å². The van der Waals surface area contributed by atoms with Crippen LogP contribution in [0.15, 0.2) is 60.0 Å². The van der Waals surface area contributed by atoms with Crippen LogP contribution in [0.25, 0.3) is 6.08 Å². The number of hydrogen-bond acceptors (Lipinski definition) is 3. The van der Waals surface area contributed by atoms with Crippen molar-refractivity contribution in [3.63, 3.8) is 0 Å². The Bertz CT molecular complexity index is 936. The van der Waals surface area contributed by atoms with E-state index in [2.05, 4.69) is 5.32 Å². The van der Waals surface area contributed by atoms with Crippen LogP contribution in [0.4, 0.5) is 4.39 Å². The maximum Gasteiger partial charge on any atom is 0.236 e. The minimum absolute atomic E-state index is 0.0519. The van der Waals surface area contributed by atoms with Gasteiger partial charge in [-0.1, -0.05) is 42.5 Å². The number of nitrogens with one attached hydrogen (secondary N) is 1. The van der Waals surface area contributed by atoms with Crippen molar-refractivity contribution in [1.29, 1.82) is 0 Å². The lowest BCUT2D eigenvalue weighted by molar-refractivity contribution is -0.126. The van der Waals surface area contributed by atoms with E-state index in [1.165, 1.54) is 21.8 Å². The summed E-state index contributed by atoms with van der Waals surface area (Å²) in [6.45, 7) is 1.14. The molecule has 29 heavy (non-hydrogen) atoms. The van der Waals surface area contributed by atoms with E-state index >= 15 is 0 Å². The number of carbonyl (C=O) groups is 1. The normalized spacial score (nSPS) is 16.2. The summed E-state index contributed by atoms with van der Waals surface area (Å²) >= 11 is 0. The van der Waals surface area contributed by atoms with Gasteiger partial charge in [-0.2, -0.15) is 4.31 Å². The van der Waals surface area contributed by atoms with E-state index in [1.807, 2.05) is 30.3 Å². The summed E-state index contributed by atoms with van der Waals surface area (Å²) in [4.78, 5) is 12.4. The highest BCUT2D eigenvalue weighted by Gasteiger charge is 2.29. The third kappa shape index (κ3) is 6.24. The molecule has 0 aliphatic carbocycles. The summed E-state index contributed by atoms with van der Waals surface area (Å²) in [7, 11) is -3.50. The Morgan fingerprint density at radius 1 is 1.07 bits per heavy atom. The summed E-state index contributed by atoms with van der Waals surface area (Å²) in [6.07, 6.45) is 3.22. The Kier molecular flexibility index (Phi) is 7.17. The van der Waals surface area contributed by atoms with Gasteiger partial charge in [-0.3, -0.25) is 4.79 Å². The zero-order valence-electron chi connectivity index (χ0n) is 16.1. The van der Waals surface area contributed by atoms with Crippen molar-refractivity contribution in [1.82, 2.24) is 9.62 Å². The van der Waals surface area contributed by atoms with E-state index in [4.69, 9.17) is 0 Å². The quantitative estimate of drug-likeness (QED) is 0.754. The topological polar surface area (TPSA) is 66.5 Å². The molecular formula is C22H25FN2O3S. The summed E-state index contributed by atoms with van der Waals surface area (Å²) in [5, 5.41) is 4.13. The second kappa shape index (κ2) is 9.80. The molecule has 0 spiro atoms. The Hall–Kier alpha value is -2.51. The lowest BCUT2D eigenvalue weighted by Crippen LogP contribution is -2.42. The van der Waals surface area contributed by atoms with Gasteiger partial charge in [-0.25, -0.2) is 12.8 Å². The summed E-state index contributed by atoms with van der Waals surface area (Å²) in [5.41, 5.74) is 1.78. The van der Waals surface area contributed by atoms with Crippen LogP contribution in [0.2, 0.25) is 0 Å². The van der Waals surface area contributed by atoms with Crippen LogP contribution in [0.1, 0.15) is 24.0 Å². The number of nitrogens with zero attached hydrogens (tertiary/aromatic N) is 1. The first-order valence-electron chi connectivity index (χ1n) is 9.69. The Labute approximate surface area is 171 Å². The fourth-order valence-corrected chi connectivity index (χ4v) is 4.53. The molecule has 2 aromatic rings. The third-order valence-corrected chi connectivity index (χ3v) is 6.61. The number of sulfonamides is 1. The van der Waals surface area contributed by atoms with Crippen molar-refractivity contribution in [2.45, 2.75) is 19.3 Å². The molecule has 154 valence electrons. The number of piperidine rings is 1. The molecule has 0 saturated carbocycles. The van der Waals surface area contributed by atoms with Gasteiger partial charge >= 0.3 is 0 Å². The lowest BCUT2D eigenvalue weighted by Gasteiger charge is -2.29. The number of amides is 1. The van der Waals surface area contributed by atoms with Crippen LogP contribution >= 0.6 is 0 Å². The van der Waals surface area contributed by atoms with Crippen molar-refractivity contribution in [2.75, 3.05) is 19.6 Å². The average molecular weight is 417 g/mol. The molecule has 1 aliphatic rings. The van der Waals surface area contributed by atoms with E-state index in [0.717, 1.165) is 11.1 Å². The minimum Gasteiger partial charge on any atom is -0.356 e. The van der Waals surface area contributed by atoms with Gasteiger partial charge in [0.05, 0.1) is 0 Å². The monoisotopic (exact) mass is 416 g/mol. The Morgan fingerprint density at radius 2 is 1.72 bits per heavy atom. The van der Waals surface area contributed by atoms with Crippen LogP contribution in [0.5, 0.6) is 0 Å². The molecule has 0 unspecified atom stereocenters. The smallest absolute Gasteiger partial charge is 0.236 e. The van der Waals surface area contributed by atoms with Crippen molar-refractivity contribution < 1.29 is 17.6 Å². The van der Waals surface area contributed by atoms with E-state index in [1.54, 1.807) is 18.2 Å². The van der Waals surface area contributed by atoms with Gasteiger partial charge < -0.3 is 5.32 Å². The molecule has 0 aromatic heterocycles. The van der Waals surface area contributed by atoms with Crippen molar-refractivity contribution >= 4 is 22.0 Å². The molecule has 1 N–H and O–H groups in total. The first-order valence-corrected chi connectivity index (χ1v) is 11.2. The molecule has 3 rings (SSSR count). The van der Waals surface area contributed by atoms with E-state index in [-0.39, 0.29) is 17.6 Å². The zero-order chi connectivity index (χ0) is 20.7. The minimum atomic E-state index is -3.50. The van der Waals surface area contributed by atoms with Gasteiger partial charge in [0.2, 0.25) is 15.9 Å². The molecule has 0 atom stereocenters. The number of benzene rings is 2. The molecule has 0 bridgehead atoms. The van der Waals surface area contributed by atoms with Crippen LogP contribution in [-0.2, 0) is 21.2 Å². The fourth-order valence-electron chi connectivity index (χ4n) is 3.31. The van der Waals surface area contributed by atoms with E-state index in [0.29, 0.717) is 38.9 Å². The second-order valence-electron chi connectivity index (χ2n) is 7.10. The molecule has 2 aromatic carbocycles. The van der Waals surface area contributed by atoms with Crippen molar-refractivity contribution in [2.24, 2.45) is 5.92 Å². The molecule has 1 amide bonds. The molecule has 7 heteroatoms. The molecule has 5 nitrogen and oxygen atoms in total. The van der Waals surface area contributed by atoms with Crippen LogP contribution in [-0.4, -0.2) is 38.3 Å². The summed E-state index contributed by atoms with van der Waals surface area (Å²) < 4.78 is 39.3. The van der Waals surface area contributed by atoms with Crippen LogP contribution in [0.3, 0.4) is 0 Å². The predicted octanol–water partition coefficient (Wildman–Crippen LogP) is 3.20. The largest absolute Gasteiger partial charge is 0.356 e. The first kappa shape index (κ1) is 21.2. The van der Waals surface area contributed by atoms with Gasteiger partial charge in [0.15, 0.2) is 0 Å². The van der Waals surface area contributed by atoms with Gasteiger partial charge in [-0.05, 0) is 48.6 Å². The van der Waals surface area contributed by atoms with E-state index in [9.17, 15) is 17.6 Å². The SMILES string of the molecule is O=C(NCCc1ccc(F)cc1)C1CCN(S(=O)(=O)/C=C/c2ccccc2)CC1.